The summed E-state index contributed by atoms with van der Waals surface area (Å²) in [5, 5.41) is 0. The molecule has 0 spiro atoms. The van der Waals surface area contributed by atoms with Crippen LogP contribution in [-0.2, 0) is 6.42 Å². The van der Waals surface area contributed by atoms with E-state index in [2.05, 4.69) is 9.97 Å². The first-order valence-electron chi connectivity index (χ1n) is 4.69. The van der Waals surface area contributed by atoms with Crippen LogP contribution >= 0.6 is 0 Å². The number of hydrogen-bond donors (Lipinski definition) is 2. The van der Waals surface area contributed by atoms with Crippen molar-refractivity contribution in [3.05, 3.63) is 22.2 Å². The molecule has 0 saturated heterocycles. The molecule has 1 heterocycles. The summed E-state index contributed by atoms with van der Waals surface area (Å²) in [5.74, 6) is 1.01. The average Bonchev–Trinajstić information content (AvgIpc) is 2.17. The van der Waals surface area contributed by atoms with Crippen molar-refractivity contribution in [2.24, 2.45) is 5.73 Å². The molecule has 0 atom stereocenters. The van der Waals surface area contributed by atoms with E-state index in [1.165, 1.54) is 6.07 Å². The quantitative estimate of drug-likeness (QED) is 0.654. The summed E-state index contributed by atoms with van der Waals surface area (Å²) in [6.45, 7) is 2.99. The van der Waals surface area contributed by atoms with Gasteiger partial charge in [-0.15, -0.1) is 0 Å². The molecule has 0 aliphatic carbocycles. The van der Waals surface area contributed by atoms with Crippen molar-refractivity contribution >= 4 is 0 Å². The summed E-state index contributed by atoms with van der Waals surface area (Å²) in [5.41, 5.74) is 5.13. The number of nitrogens with two attached hydrogens (primary N) is 1. The maximum atomic E-state index is 11.1. The van der Waals surface area contributed by atoms with Crippen molar-refractivity contribution in [2.45, 2.75) is 19.8 Å². The lowest BCUT2D eigenvalue weighted by Gasteiger charge is -2.04. The van der Waals surface area contributed by atoms with Crippen LogP contribution in [0.4, 0.5) is 0 Å². The molecular weight excluding hydrogens is 182 g/mol. The summed E-state index contributed by atoms with van der Waals surface area (Å²) in [6.07, 6.45) is 1.44. The van der Waals surface area contributed by atoms with Gasteiger partial charge in [-0.3, -0.25) is 4.79 Å². The number of hydrogen-bond acceptors (Lipinski definition) is 4. The zero-order chi connectivity index (χ0) is 10.4. The molecule has 1 aromatic heterocycles. The molecule has 0 bridgehead atoms. The van der Waals surface area contributed by atoms with Gasteiger partial charge in [0.25, 0.3) is 5.56 Å². The van der Waals surface area contributed by atoms with Crippen molar-refractivity contribution in [3.63, 3.8) is 0 Å². The first-order valence-corrected chi connectivity index (χ1v) is 4.69. The van der Waals surface area contributed by atoms with Crippen LogP contribution in [0.2, 0.25) is 0 Å². The SMILES string of the molecule is CCc1nc(OCCCN)cc(=O)[nH]1. The topological polar surface area (TPSA) is 81.0 Å². The molecule has 1 aromatic rings. The molecule has 5 heteroatoms. The van der Waals surface area contributed by atoms with Gasteiger partial charge in [0.1, 0.15) is 5.82 Å². The van der Waals surface area contributed by atoms with E-state index in [0.29, 0.717) is 31.3 Å². The highest BCUT2D eigenvalue weighted by molar-refractivity contribution is 5.08. The Labute approximate surface area is 82.3 Å². The first-order chi connectivity index (χ1) is 6.76. The van der Waals surface area contributed by atoms with E-state index in [9.17, 15) is 4.79 Å². The minimum Gasteiger partial charge on any atom is -0.477 e. The summed E-state index contributed by atoms with van der Waals surface area (Å²) in [6, 6.07) is 1.34. The number of aromatic amines is 1. The van der Waals surface area contributed by atoms with Gasteiger partial charge in [-0.2, -0.15) is 0 Å². The van der Waals surface area contributed by atoms with Crippen molar-refractivity contribution in [1.29, 1.82) is 0 Å². The molecule has 3 N–H and O–H groups in total. The molecule has 0 aliphatic heterocycles. The second-order valence-electron chi connectivity index (χ2n) is 2.87. The van der Waals surface area contributed by atoms with Crippen molar-refractivity contribution < 1.29 is 4.74 Å². The maximum absolute atomic E-state index is 11.1. The van der Waals surface area contributed by atoms with Crippen LogP contribution in [0.5, 0.6) is 5.88 Å². The van der Waals surface area contributed by atoms with Crippen molar-refractivity contribution in [2.75, 3.05) is 13.2 Å². The van der Waals surface area contributed by atoms with E-state index < -0.39 is 0 Å². The maximum Gasteiger partial charge on any atom is 0.254 e. The number of aryl methyl sites for hydroxylation is 1. The zero-order valence-electron chi connectivity index (χ0n) is 8.25. The van der Waals surface area contributed by atoms with Crippen LogP contribution in [0.3, 0.4) is 0 Å². The minimum absolute atomic E-state index is 0.181. The van der Waals surface area contributed by atoms with Crippen molar-refractivity contribution in [3.8, 4) is 5.88 Å². The van der Waals surface area contributed by atoms with Gasteiger partial charge in [0.15, 0.2) is 0 Å². The van der Waals surface area contributed by atoms with Gasteiger partial charge in [0.05, 0.1) is 12.7 Å². The molecule has 5 nitrogen and oxygen atoms in total. The fraction of sp³-hybridized carbons (Fsp3) is 0.556. The van der Waals surface area contributed by atoms with Gasteiger partial charge >= 0.3 is 0 Å². The Balaban J connectivity index is 2.67. The third-order valence-corrected chi connectivity index (χ3v) is 1.70. The fourth-order valence-corrected chi connectivity index (χ4v) is 0.985. The molecule has 0 saturated carbocycles. The third-order valence-electron chi connectivity index (χ3n) is 1.70. The summed E-state index contributed by atoms with van der Waals surface area (Å²) in [7, 11) is 0. The molecule has 0 aromatic carbocycles. The predicted molar refractivity (Wildman–Crippen MR) is 53.4 cm³/mol. The Morgan fingerprint density at radius 1 is 1.64 bits per heavy atom. The molecule has 0 unspecified atom stereocenters. The van der Waals surface area contributed by atoms with E-state index in [1.807, 2.05) is 6.92 Å². The monoisotopic (exact) mass is 197 g/mol. The standard InChI is InChI=1S/C9H15N3O2/c1-2-7-11-8(13)6-9(12-7)14-5-3-4-10/h6H,2-5,10H2,1H3,(H,11,12,13). The molecule has 0 aliphatic rings. The highest BCUT2D eigenvalue weighted by atomic mass is 16.5. The van der Waals surface area contributed by atoms with E-state index in [0.717, 1.165) is 6.42 Å². The number of nitrogens with one attached hydrogen (secondary N) is 1. The molecule has 0 amide bonds. The van der Waals surface area contributed by atoms with E-state index in [-0.39, 0.29) is 5.56 Å². The average molecular weight is 197 g/mol. The lowest BCUT2D eigenvalue weighted by molar-refractivity contribution is 0.299. The Morgan fingerprint density at radius 3 is 3.07 bits per heavy atom. The largest absolute Gasteiger partial charge is 0.477 e. The Morgan fingerprint density at radius 2 is 2.43 bits per heavy atom. The highest BCUT2D eigenvalue weighted by Gasteiger charge is 1.99. The Kier molecular flexibility index (Phi) is 4.12. The number of nitrogens with zero attached hydrogens (tertiary/aromatic N) is 1. The lowest BCUT2D eigenvalue weighted by atomic mass is 10.4. The van der Waals surface area contributed by atoms with Crippen LogP contribution in [0.1, 0.15) is 19.2 Å². The Hall–Kier alpha value is -1.36. The molecule has 1 rings (SSSR count). The number of rotatable bonds is 5. The van der Waals surface area contributed by atoms with Gasteiger partial charge in [-0.25, -0.2) is 4.98 Å². The lowest BCUT2D eigenvalue weighted by Crippen LogP contribution is -2.13. The van der Waals surface area contributed by atoms with Gasteiger partial charge in [-0.05, 0) is 13.0 Å². The van der Waals surface area contributed by atoms with Gasteiger partial charge < -0.3 is 15.5 Å². The van der Waals surface area contributed by atoms with Crippen LogP contribution in [0, 0.1) is 0 Å². The second-order valence-corrected chi connectivity index (χ2v) is 2.87. The van der Waals surface area contributed by atoms with Gasteiger partial charge in [0.2, 0.25) is 5.88 Å². The normalized spacial score (nSPS) is 10.1. The highest BCUT2D eigenvalue weighted by Crippen LogP contribution is 2.02. The summed E-state index contributed by atoms with van der Waals surface area (Å²) >= 11 is 0. The molecular formula is C9H15N3O2. The fourth-order valence-electron chi connectivity index (χ4n) is 0.985. The van der Waals surface area contributed by atoms with Crippen LogP contribution in [0.25, 0.3) is 0 Å². The number of ether oxygens (including phenoxy) is 1. The summed E-state index contributed by atoms with van der Waals surface area (Å²) < 4.78 is 5.26. The number of aromatic nitrogens is 2. The van der Waals surface area contributed by atoms with Crippen LogP contribution in [-0.4, -0.2) is 23.1 Å². The van der Waals surface area contributed by atoms with E-state index in [4.69, 9.17) is 10.5 Å². The number of H-pyrrole nitrogens is 1. The van der Waals surface area contributed by atoms with Crippen LogP contribution in [0.15, 0.2) is 10.9 Å². The van der Waals surface area contributed by atoms with Crippen molar-refractivity contribution in [1.82, 2.24) is 9.97 Å². The smallest absolute Gasteiger partial charge is 0.254 e. The molecule has 14 heavy (non-hydrogen) atoms. The minimum atomic E-state index is -0.181. The van der Waals surface area contributed by atoms with E-state index in [1.54, 1.807) is 0 Å². The predicted octanol–water partition coefficient (Wildman–Crippen LogP) is 0.0599. The molecule has 0 radical (unpaired) electrons. The molecule has 0 fully saturated rings. The van der Waals surface area contributed by atoms with E-state index >= 15 is 0 Å². The zero-order valence-corrected chi connectivity index (χ0v) is 8.25. The summed E-state index contributed by atoms with van der Waals surface area (Å²) in [4.78, 5) is 17.8. The Bertz CT molecular complexity index is 335. The third kappa shape index (κ3) is 3.18. The second kappa shape index (κ2) is 5.39. The molecule has 78 valence electrons. The van der Waals surface area contributed by atoms with Crippen LogP contribution < -0.4 is 16.0 Å². The first kappa shape index (κ1) is 10.7. The van der Waals surface area contributed by atoms with Gasteiger partial charge in [0, 0.05) is 6.42 Å². The van der Waals surface area contributed by atoms with Gasteiger partial charge in [-0.1, -0.05) is 6.92 Å².